The topological polar surface area (TPSA) is 26.3 Å². The zero-order valence-electron chi connectivity index (χ0n) is 10.7. The average Bonchev–Trinajstić information content (AvgIpc) is 2.92. The van der Waals surface area contributed by atoms with E-state index in [4.69, 9.17) is 4.74 Å². The van der Waals surface area contributed by atoms with E-state index in [0.717, 1.165) is 24.2 Å². The molecule has 2 atom stereocenters. The van der Waals surface area contributed by atoms with Crippen molar-refractivity contribution in [3.8, 4) is 0 Å². The lowest BCUT2D eigenvalue weighted by molar-refractivity contribution is -0.188. The first-order valence-electron chi connectivity index (χ1n) is 7.36. The molecular formula is C15H22O2. The maximum atomic E-state index is 12.1. The molecule has 0 amide bonds. The van der Waals surface area contributed by atoms with E-state index in [0.29, 0.717) is 5.92 Å². The molecule has 2 unspecified atom stereocenters. The summed E-state index contributed by atoms with van der Waals surface area (Å²) in [4.78, 5) is 12.1. The number of carbonyl (C=O) groups excluding carboxylic acids is 1. The molecule has 0 heterocycles. The Bertz CT molecular complexity index is 325. The van der Waals surface area contributed by atoms with E-state index in [2.05, 4.69) is 6.92 Å². The molecule has 0 aromatic carbocycles. The number of carbonyl (C=O) groups is 1. The Kier molecular flexibility index (Phi) is 2.00. The standard InChI is InChI=1S/C15H22O2/c1-9-2-13(9)14(16)17-15-6-10-3-11(7-15)5-12(4-10)8-15/h9-13H,2-8H2,1H3. The van der Waals surface area contributed by atoms with Gasteiger partial charge in [-0.15, -0.1) is 0 Å². The summed E-state index contributed by atoms with van der Waals surface area (Å²) in [5.41, 5.74) is -0.0197. The summed E-state index contributed by atoms with van der Waals surface area (Å²) in [7, 11) is 0. The third-order valence-electron chi connectivity index (χ3n) is 5.71. The van der Waals surface area contributed by atoms with Crippen LogP contribution in [0.25, 0.3) is 0 Å². The van der Waals surface area contributed by atoms with Crippen LogP contribution in [-0.4, -0.2) is 11.6 Å². The van der Waals surface area contributed by atoms with Crippen molar-refractivity contribution < 1.29 is 9.53 Å². The Hall–Kier alpha value is -0.530. The lowest BCUT2D eigenvalue weighted by Crippen LogP contribution is -2.52. The number of esters is 1. The van der Waals surface area contributed by atoms with Crippen molar-refractivity contribution >= 4 is 5.97 Å². The van der Waals surface area contributed by atoms with Crippen LogP contribution >= 0.6 is 0 Å². The molecule has 2 heteroatoms. The van der Waals surface area contributed by atoms with Crippen molar-refractivity contribution in [3.05, 3.63) is 0 Å². The average molecular weight is 234 g/mol. The fraction of sp³-hybridized carbons (Fsp3) is 0.933. The number of hydrogen-bond donors (Lipinski definition) is 0. The highest BCUT2D eigenvalue weighted by Crippen LogP contribution is 2.57. The van der Waals surface area contributed by atoms with Crippen LogP contribution in [0.4, 0.5) is 0 Å². The van der Waals surface area contributed by atoms with Gasteiger partial charge in [-0.1, -0.05) is 6.92 Å². The number of ether oxygens (including phenoxy) is 1. The van der Waals surface area contributed by atoms with Crippen molar-refractivity contribution in [2.75, 3.05) is 0 Å². The van der Waals surface area contributed by atoms with Crippen LogP contribution in [-0.2, 0) is 9.53 Å². The van der Waals surface area contributed by atoms with Gasteiger partial charge in [0.25, 0.3) is 0 Å². The van der Waals surface area contributed by atoms with Crippen molar-refractivity contribution in [1.29, 1.82) is 0 Å². The molecule has 5 saturated carbocycles. The van der Waals surface area contributed by atoms with E-state index in [1.54, 1.807) is 0 Å². The van der Waals surface area contributed by atoms with Gasteiger partial charge in [0, 0.05) is 0 Å². The summed E-state index contributed by atoms with van der Waals surface area (Å²) >= 11 is 0. The lowest BCUT2D eigenvalue weighted by atomic mass is 9.54. The summed E-state index contributed by atoms with van der Waals surface area (Å²) < 4.78 is 6.01. The van der Waals surface area contributed by atoms with Gasteiger partial charge in [0.15, 0.2) is 0 Å². The summed E-state index contributed by atoms with van der Waals surface area (Å²) in [6.07, 6.45) is 8.82. The predicted octanol–water partition coefficient (Wildman–Crippen LogP) is 3.15. The van der Waals surface area contributed by atoms with Gasteiger partial charge >= 0.3 is 5.97 Å². The van der Waals surface area contributed by atoms with E-state index in [1.807, 2.05) is 0 Å². The van der Waals surface area contributed by atoms with Gasteiger partial charge in [-0.2, -0.15) is 0 Å². The highest BCUT2D eigenvalue weighted by atomic mass is 16.6. The van der Waals surface area contributed by atoms with Gasteiger partial charge < -0.3 is 4.74 Å². The normalized spacial score (nSPS) is 54.8. The van der Waals surface area contributed by atoms with Crippen molar-refractivity contribution in [2.24, 2.45) is 29.6 Å². The monoisotopic (exact) mass is 234 g/mol. The van der Waals surface area contributed by atoms with Crippen molar-refractivity contribution in [2.45, 2.75) is 57.5 Å². The van der Waals surface area contributed by atoms with Gasteiger partial charge in [-0.25, -0.2) is 0 Å². The summed E-state index contributed by atoms with van der Waals surface area (Å²) in [5, 5.41) is 0. The highest BCUT2D eigenvalue weighted by molar-refractivity contribution is 5.76. The molecule has 0 aliphatic heterocycles. The summed E-state index contributed by atoms with van der Waals surface area (Å²) in [6.45, 7) is 2.16. The molecule has 5 aliphatic rings. The second-order valence-electron chi connectivity index (χ2n) is 7.34. The van der Waals surface area contributed by atoms with Gasteiger partial charge in [0.05, 0.1) is 5.92 Å². The van der Waals surface area contributed by atoms with E-state index >= 15 is 0 Å². The molecule has 5 rings (SSSR count). The molecule has 5 aliphatic carbocycles. The molecule has 0 N–H and O–H groups in total. The van der Waals surface area contributed by atoms with E-state index in [-0.39, 0.29) is 17.5 Å². The first-order chi connectivity index (χ1) is 8.13. The molecule has 0 saturated heterocycles. The van der Waals surface area contributed by atoms with Crippen LogP contribution in [0.2, 0.25) is 0 Å². The molecule has 4 bridgehead atoms. The molecule has 2 nitrogen and oxygen atoms in total. The maximum absolute atomic E-state index is 12.1. The van der Waals surface area contributed by atoms with E-state index in [1.165, 1.54) is 38.5 Å². The van der Waals surface area contributed by atoms with Crippen molar-refractivity contribution in [3.63, 3.8) is 0 Å². The highest BCUT2D eigenvalue weighted by Gasteiger charge is 2.54. The predicted molar refractivity (Wildman–Crippen MR) is 64.3 cm³/mol. The molecule has 0 radical (unpaired) electrons. The van der Waals surface area contributed by atoms with E-state index in [9.17, 15) is 4.79 Å². The SMILES string of the molecule is CC1CC1C(=O)OC12CC3CC(CC(C3)C1)C2. The Morgan fingerprint density at radius 3 is 1.88 bits per heavy atom. The Morgan fingerprint density at radius 2 is 1.47 bits per heavy atom. The summed E-state index contributed by atoms with van der Waals surface area (Å²) in [6, 6.07) is 0. The first-order valence-corrected chi connectivity index (χ1v) is 7.36. The van der Waals surface area contributed by atoms with Gasteiger partial charge in [-0.3, -0.25) is 4.79 Å². The van der Waals surface area contributed by atoms with Gasteiger partial charge in [0.1, 0.15) is 5.60 Å². The van der Waals surface area contributed by atoms with Crippen LogP contribution in [0, 0.1) is 29.6 Å². The minimum atomic E-state index is -0.0197. The Balaban J connectivity index is 1.51. The zero-order valence-corrected chi connectivity index (χ0v) is 10.7. The second kappa shape index (κ2) is 3.27. The zero-order chi connectivity index (χ0) is 11.6. The number of hydrogen-bond acceptors (Lipinski definition) is 2. The van der Waals surface area contributed by atoms with Gasteiger partial charge in [0.2, 0.25) is 0 Å². The third-order valence-corrected chi connectivity index (χ3v) is 5.71. The third kappa shape index (κ3) is 1.63. The molecular weight excluding hydrogens is 212 g/mol. The smallest absolute Gasteiger partial charge is 0.309 e. The second-order valence-corrected chi connectivity index (χ2v) is 7.34. The fourth-order valence-electron chi connectivity index (χ4n) is 5.10. The first kappa shape index (κ1) is 10.4. The number of rotatable bonds is 2. The molecule has 5 fully saturated rings. The van der Waals surface area contributed by atoms with Crippen LogP contribution in [0.5, 0.6) is 0 Å². The maximum Gasteiger partial charge on any atom is 0.309 e. The van der Waals surface area contributed by atoms with Gasteiger partial charge in [-0.05, 0) is 68.6 Å². The minimum Gasteiger partial charge on any atom is -0.459 e. The Morgan fingerprint density at radius 1 is 1.00 bits per heavy atom. The Labute approximate surface area is 103 Å². The van der Waals surface area contributed by atoms with Crippen LogP contribution in [0.3, 0.4) is 0 Å². The summed E-state index contributed by atoms with van der Waals surface area (Å²) in [5.74, 6) is 3.54. The molecule has 0 spiro atoms. The molecule has 0 aromatic heterocycles. The fourth-order valence-corrected chi connectivity index (χ4v) is 5.10. The van der Waals surface area contributed by atoms with Crippen LogP contribution in [0.15, 0.2) is 0 Å². The quantitative estimate of drug-likeness (QED) is 0.686. The largest absolute Gasteiger partial charge is 0.459 e. The minimum absolute atomic E-state index is 0.0197. The van der Waals surface area contributed by atoms with E-state index < -0.39 is 0 Å². The molecule has 17 heavy (non-hydrogen) atoms. The van der Waals surface area contributed by atoms with Crippen molar-refractivity contribution in [1.82, 2.24) is 0 Å². The molecule has 0 aromatic rings. The lowest BCUT2D eigenvalue weighted by Gasteiger charge is -2.55. The van der Waals surface area contributed by atoms with Crippen LogP contribution in [0.1, 0.15) is 51.9 Å². The molecule has 94 valence electrons. The van der Waals surface area contributed by atoms with Crippen LogP contribution < -0.4 is 0 Å².